The number of carbonyl (C=O) groups excluding carboxylic acids is 1. The van der Waals surface area contributed by atoms with Crippen molar-refractivity contribution in [1.29, 1.82) is 0 Å². The molecule has 0 saturated carbocycles. The molecule has 2 nitrogen and oxygen atoms in total. The maximum absolute atomic E-state index is 13.0. The third-order valence-electron chi connectivity index (χ3n) is 1.59. The lowest BCUT2D eigenvalue weighted by Gasteiger charge is -2.05. The van der Waals surface area contributed by atoms with E-state index in [1.165, 1.54) is 6.07 Å². The average Bonchev–Trinajstić information content (AvgIpc) is 2.18. The number of benzene rings is 1. The van der Waals surface area contributed by atoms with Crippen LogP contribution in [0.3, 0.4) is 0 Å². The van der Waals surface area contributed by atoms with Gasteiger partial charge in [-0.2, -0.15) is 0 Å². The molecule has 82 valence electrons. The molecule has 0 unspecified atom stereocenters. The third kappa shape index (κ3) is 3.43. The van der Waals surface area contributed by atoms with Crippen LogP contribution < -0.4 is 5.32 Å². The molecular formula is C9H7ClF3NO. The summed E-state index contributed by atoms with van der Waals surface area (Å²) in [5, 5.41) is 2.04. The van der Waals surface area contributed by atoms with Gasteiger partial charge in [0.1, 0.15) is 5.82 Å². The first-order valence-electron chi connectivity index (χ1n) is 4.02. The number of amides is 1. The highest BCUT2D eigenvalue weighted by atomic mass is 35.5. The lowest BCUT2D eigenvalue weighted by atomic mass is 10.2. The summed E-state index contributed by atoms with van der Waals surface area (Å²) in [5.74, 6) is -1.71. The van der Waals surface area contributed by atoms with E-state index >= 15 is 0 Å². The summed E-state index contributed by atoms with van der Waals surface area (Å²) in [6, 6.07) is 3.35. The van der Waals surface area contributed by atoms with Crippen molar-refractivity contribution >= 4 is 17.5 Å². The highest BCUT2D eigenvalue weighted by molar-refractivity contribution is 6.30. The number of halogens is 4. The van der Waals surface area contributed by atoms with E-state index in [0.717, 1.165) is 12.1 Å². The van der Waals surface area contributed by atoms with Crippen LogP contribution in [0.1, 0.15) is 10.4 Å². The summed E-state index contributed by atoms with van der Waals surface area (Å²) in [7, 11) is 0. The number of alkyl halides is 2. The van der Waals surface area contributed by atoms with Crippen molar-refractivity contribution in [3.8, 4) is 0 Å². The van der Waals surface area contributed by atoms with Crippen LogP contribution in [0.15, 0.2) is 18.2 Å². The molecule has 6 heteroatoms. The number of nitrogens with one attached hydrogen (secondary N) is 1. The molecule has 0 heterocycles. The fourth-order valence-corrected chi connectivity index (χ4v) is 1.11. The Morgan fingerprint density at radius 2 is 2.13 bits per heavy atom. The third-order valence-corrected chi connectivity index (χ3v) is 1.83. The molecule has 0 aliphatic carbocycles. The zero-order valence-corrected chi connectivity index (χ0v) is 8.19. The molecular weight excluding hydrogens is 231 g/mol. The van der Waals surface area contributed by atoms with Gasteiger partial charge in [-0.1, -0.05) is 11.6 Å². The maximum atomic E-state index is 13.0. The summed E-state index contributed by atoms with van der Waals surface area (Å²) in [5.41, 5.74) is -0.344. The summed E-state index contributed by atoms with van der Waals surface area (Å²) >= 11 is 5.53. The lowest BCUT2D eigenvalue weighted by molar-refractivity contribution is 0.0888. The molecule has 1 aromatic carbocycles. The Morgan fingerprint density at radius 3 is 2.73 bits per heavy atom. The summed E-state index contributed by atoms with van der Waals surface area (Å²) in [6.45, 7) is -0.815. The molecule has 0 radical (unpaired) electrons. The van der Waals surface area contributed by atoms with Gasteiger partial charge in [0.25, 0.3) is 12.3 Å². The molecule has 1 amide bonds. The quantitative estimate of drug-likeness (QED) is 0.860. The predicted molar refractivity (Wildman–Crippen MR) is 49.7 cm³/mol. The van der Waals surface area contributed by atoms with E-state index < -0.39 is 24.7 Å². The molecule has 0 atom stereocenters. The first-order valence-corrected chi connectivity index (χ1v) is 4.40. The van der Waals surface area contributed by atoms with Gasteiger partial charge in [0.05, 0.1) is 12.1 Å². The Labute approximate surface area is 89.0 Å². The van der Waals surface area contributed by atoms with Crippen LogP contribution in [0.2, 0.25) is 5.02 Å². The van der Waals surface area contributed by atoms with Crippen molar-refractivity contribution in [3.05, 3.63) is 34.6 Å². The van der Waals surface area contributed by atoms with E-state index in [-0.39, 0.29) is 10.6 Å². The molecule has 1 rings (SSSR count). The molecule has 0 aliphatic rings. The topological polar surface area (TPSA) is 29.1 Å². The van der Waals surface area contributed by atoms with Crippen LogP contribution >= 0.6 is 11.6 Å². The van der Waals surface area contributed by atoms with Crippen LogP contribution in [0.5, 0.6) is 0 Å². The fourth-order valence-electron chi connectivity index (χ4n) is 0.937. The first-order chi connectivity index (χ1) is 7.00. The normalized spacial score (nSPS) is 10.5. The van der Waals surface area contributed by atoms with E-state index in [0.29, 0.717) is 0 Å². The average molecular weight is 238 g/mol. The number of hydrogen-bond donors (Lipinski definition) is 1. The number of carbonyl (C=O) groups is 1. The molecule has 0 aromatic heterocycles. The minimum Gasteiger partial charge on any atom is -0.346 e. The van der Waals surface area contributed by atoms with E-state index in [2.05, 4.69) is 0 Å². The van der Waals surface area contributed by atoms with E-state index in [9.17, 15) is 18.0 Å². The van der Waals surface area contributed by atoms with Gasteiger partial charge in [0, 0.05) is 5.02 Å². The monoisotopic (exact) mass is 237 g/mol. The molecule has 0 saturated heterocycles. The Kier molecular flexibility index (Phi) is 3.96. The van der Waals surface area contributed by atoms with E-state index in [1.807, 2.05) is 5.32 Å². The predicted octanol–water partition coefficient (Wildman–Crippen LogP) is 2.47. The summed E-state index contributed by atoms with van der Waals surface area (Å²) in [6.07, 6.45) is -2.67. The fraction of sp³-hybridized carbons (Fsp3) is 0.222. The SMILES string of the molecule is O=C(NCC(F)F)c1cc(Cl)ccc1F. The van der Waals surface area contributed by atoms with Gasteiger partial charge in [-0.3, -0.25) is 4.79 Å². The highest BCUT2D eigenvalue weighted by Gasteiger charge is 2.13. The zero-order valence-electron chi connectivity index (χ0n) is 7.44. The second-order valence-corrected chi connectivity index (χ2v) is 3.16. The van der Waals surface area contributed by atoms with Gasteiger partial charge >= 0.3 is 0 Å². The molecule has 1 aromatic rings. The summed E-state index contributed by atoms with van der Waals surface area (Å²) < 4.78 is 36.5. The van der Waals surface area contributed by atoms with Crippen molar-refractivity contribution in [2.24, 2.45) is 0 Å². The van der Waals surface area contributed by atoms with Crippen molar-refractivity contribution in [3.63, 3.8) is 0 Å². The Bertz CT molecular complexity index is 370. The van der Waals surface area contributed by atoms with E-state index in [4.69, 9.17) is 11.6 Å². The lowest BCUT2D eigenvalue weighted by Crippen LogP contribution is -2.29. The van der Waals surface area contributed by atoms with E-state index in [1.54, 1.807) is 0 Å². The highest BCUT2D eigenvalue weighted by Crippen LogP contribution is 2.14. The Hall–Kier alpha value is -1.23. The second kappa shape index (κ2) is 5.02. The molecule has 0 spiro atoms. The van der Waals surface area contributed by atoms with Gasteiger partial charge in [0.2, 0.25) is 0 Å². The zero-order chi connectivity index (χ0) is 11.4. The van der Waals surface area contributed by atoms with Gasteiger partial charge in [-0.15, -0.1) is 0 Å². The number of hydrogen-bond acceptors (Lipinski definition) is 1. The van der Waals surface area contributed by atoms with Crippen LogP contribution in [0.4, 0.5) is 13.2 Å². The van der Waals surface area contributed by atoms with Crippen LogP contribution in [0, 0.1) is 5.82 Å². The van der Waals surface area contributed by atoms with Gasteiger partial charge in [-0.05, 0) is 18.2 Å². The second-order valence-electron chi connectivity index (χ2n) is 2.73. The smallest absolute Gasteiger partial charge is 0.255 e. The minimum absolute atomic E-state index is 0.165. The number of rotatable bonds is 3. The standard InChI is InChI=1S/C9H7ClF3NO/c10-5-1-2-7(11)6(3-5)9(15)14-4-8(12)13/h1-3,8H,4H2,(H,14,15). The Morgan fingerprint density at radius 1 is 1.47 bits per heavy atom. The largest absolute Gasteiger partial charge is 0.346 e. The minimum atomic E-state index is -2.67. The summed E-state index contributed by atoms with van der Waals surface area (Å²) in [4.78, 5) is 11.2. The maximum Gasteiger partial charge on any atom is 0.255 e. The van der Waals surface area contributed by atoms with Crippen molar-refractivity contribution in [1.82, 2.24) is 5.32 Å². The molecule has 0 aliphatic heterocycles. The van der Waals surface area contributed by atoms with Crippen LogP contribution in [-0.4, -0.2) is 18.9 Å². The van der Waals surface area contributed by atoms with Crippen LogP contribution in [0.25, 0.3) is 0 Å². The Balaban J connectivity index is 2.77. The van der Waals surface area contributed by atoms with Crippen molar-refractivity contribution < 1.29 is 18.0 Å². The van der Waals surface area contributed by atoms with Gasteiger partial charge in [0.15, 0.2) is 0 Å². The van der Waals surface area contributed by atoms with Crippen LogP contribution in [-0.2, 0) is 0 Å². The van der Waals surface area contributed by atoms with Crippen molar-refractivity contribution in [2.45, 2.75) is 6.43 Å². The molecule has 0 bridgehead atoms. The molecule has 0 fully saturated rings. The molecule has 15 heavy (non-hydrogen) atoms. The van der Waals surface area contributed by atoms with Crippen molar-refractivity contribution in [2.75, 3.05) is 6.54 Å². The van der Waals surface area contributed by atoms with Gasteiger partial charge in [-0.25, -0.2) is 13.2 Å². The van der Waals surface area contributed by atoms with Gasteiger partial charge < -0.3 is 5.32 Å². The molecule has 1 N–H and O–H groups in total. The first kappa shape index (κ1) is 11.8.